The Morgan fingerprint density at radius 2 is 2.29 bits per heavy atom. The van der Waals surface area contributed by atoms with Gasteiger partial charge in [0.1, 0.15) is 5.69 Å². The number of nitrogens with zero attached hydrogens (tertiary/aromatic N) is 2. The summed E-state index contributed by atoms with van der Waals surface area (Å²) in [6.07, 6.45) is 1.85. The molecule has 0 saturated carbocycles. The van der Waals surface area contributed by atoms with Crippen LogP contribution in [0.3, 0.4) is 0 Å². The summed E-state index contributed by atoms with van der Waals surface area (Å²) in [5.41, 5.74) is -0.611. The van der Waals surface area contributed by atoms with Crippen LogP contribution < -0.4 is 0 Å². The van der Waals surface area contributed by atoms with E-state index in [0.717, 1.165) is 0 Å². The lowest BCUT2D eigenvalue weighted by atomic mass is 9.74. The maximum absolute atomic E-state index is 12.5. The van der Waals surface area contributed by atoms with Crippen molar-refractivity contribution in [3.05, 3.63) is 29.0 Å². The van der Waals surface area contributed by atoms with E-state index in [9.17, 15) is 14.7 Å². The molecule has 7 heteroatoms. The molecule has 2 fully saturated rings. The largest absolute Gasteiger partial charge is 0.481 e. The quantitative estimate of drug-likeness (QED) is 0.890. The van der Waals surface area contributed by atoms with Crippen molar-refractivity contribution in [3.63, 3.8) is 0 Å². The highest BCUT2D eigenvalue weighted by Crippen LogP contribution is 2.42. The molecule has 2 aliphatic rings. The Morgan fingerprint density at radius 1 is 1.48 bits per heavy atom. The van der Waals surface area contributed by atoms with Crippen LogP contribution in [0.15, 0.2) is 18.3 Å². The highest BCUT2D eigenvalue weighted by atomic mass is 35.5. The number of aromatic nitrogens is 1. The Kier molecular flexibility index (Phi) is 3.59. The van der Waals surface area contributed by atoms with E-state index in [1.807, 2.05) is 0 Å². The number of ether oxygens (including phenoxy) is 1. The van der Waals surface area contributed by atoms with Crippen LogP contribution in [0.5, 0.6) is 0 Å². The highest BCUT2D eigenvalue weighted by molar-refractivity contribution is 6.30. The number of carbonyl (C=O) groups excluding carboxylic acids is 1. The Labute approximate surface area is 126 Å². The summed E-state index contributed by atoms with van der Waals surface area (Å²) in [6, 6.07) is 3.15. The second kappa shape index (κ2) is 5.27. The van der Waals surface area contributed by atoms with Crippen LogP contribution in [0, 0.1) is 11.3 Å². The number of aliphatic carboxylic acids is 1. The van der Waals surface area contributed by atoms with Gasteiger partial charge in [-0.15, -0.1) is 0 Å². The van der Waals surface area contributed by atoms with Gasteiger partial charge in [0.2, 0.25) is 0 Å². The Balaban J connectivity index is 1.83. The lowest BCUT2D eigenvalue weighted by molar-refractivity contribution is -0.157. The fourth-order valence-electron chi connectivity index (χ4n) is 3.12. The molecule has 0 spiro atoms. The molecule has 21 heavy (non-hydrogen) atoms. The summed E-state index contributed by atoms with van der Waals surface area (Å²) in [6.45, 7) is 1.39. The maximum atomic E-state index is 12.5. The van der Waals surface area contributed by atoms with Gasteiger partial charge in [0, 0.05) is 31.8 Å². The topological polar surface area (TPSA) is 79.7 Å². The number of pyridine rings is 1. The Morgan fingerprint density at radius 3 is 2.90 bits per heavy atom. The molecular weight excluding hydrogens is 296 g/mol. The fraction of sp³-hybridized carbons (Fsp3) is 0.500. The van der Waals surface area contributed by atoms with Crippen molar-refractivity contribution < 1.29 is 19.4 Å². The molecule has 1 amide bonds. The predicted molar refractivity (Wildman–Crippen MR) is 74.1 cm³/mol. The zero-order chi connectivity index (χ0) is 15.0. The Hall–Kier alpha value is -1.66. The third-order valence-electron chi connectivity index (χ3n) is 4.37. The molecule has 0 radical (unpaired) electrons. The maximum Gasteiger partial charge on any atom is 0.311 e. The molecule has 1 N–H and O–H groups in total. The number of halogens is 1. The van der Waals surface area contributed by atoms with E-state index >= 15 is 0 Å². The van der Waals surface area contributed by atoms with Gasteiger partial charge < -0.3 is 14.7 Å². The lowest BCUT2D eigenvalue weighted by Crippen LogP contribution is -2.45. The van der Waals surface area contributed by atoms with Crippen molar-refractivity contribution in [3.8, 4) is 0 Å². The van der Waals surface area contributed by atoms with E-state index in [4.69, 9.17) is 16.3 Å². The zero-order valence-corrected chi connectivity index (χ0v) is 12.0. The molecule has 6 nitrogen and oxygen atoms in total. The normalized spacial score (nSPS) is 28.2. The molecule has 0 unspecified atom stereocenters. The van der Waals surface area contributed by atoms with Crippen LogP contribution in [0.2, 0.25) is 5.02 Å². The summed E-state index contributed by atoms with van der Waals surface area (Å²) in [5, 5.41) is 10.0. The minimum Gasteiger partial charge on any atom is -0.481 e. The number of fused-ring (bicyclic) bond motifs is 1. The number of hydrogen-bond donors (Lipinski definition) is 1. The SMILES string of the molecule is O=C(c1ccc(Cl)cn1)N1C[C@H]2COCC[C@@]2(C(=O)O)C1. The third-order valence-corrected chi connectivity index (χ3v) is 4.59. The molecule has 1 aromatic rings. The second-order valence-corrected chi connectivity index (χ2v) is 5.97. The first-order valence-electron chi connectivity index (χ1n) is 6.75. The number of rotatable bonds is 2. The van der Waals surface area contributed by atoms with Crippen LogP contribution in [-0.2, 0) is 9.53 Å². The van der Waals surface area contributed by atoms with E-state index in [2.05, 4.69) is 4.98 Å². The molecule has 3 heterocycles. The van der Waals surface area contributed by atoms with Crippen molar-refractivity contribution in [1.29, 1.82) is 0 Å². The van der Waals surface area contributed by atoms with Crippen LogP contribution in [0.1, 0.15) is 16.9 Å². The van der Waals surface area contributed by atoms with Crippen LogP contribution >= 0.6 is 11.6 Å². The molecule has 112 valence electrons. The second-order valence-electron chi connectivity index (χ2n) is 5.53. The monoisotopic (exact) mass is 310 g/mol. The zero-order valence-electron chi connectivity index (χ0n) is 11.3. The fourth-order valence-corrected chi connectivity index (χ4v) is 3.23. The van der Waals surface area contributed by atoms with Gasteiger partial charge in [0.05, 0.1) is 17.0 Å². The average Bonchev–Trinajstić information content (AvgIpc) is 2.88. The van der Waals surface area contributed by atoms with Gasteiger partial charge in [-0.2, -0.15) is 0 Å². The summed E-state index contributed by atoms with van der Waals surface area (Å²) in [5.74, 6) is -1.28. The molecule has 0 aliphatic carbocycles. The molecule has 2 atom stereocenters. The van der Waals surface area contributed by atoms with Crippen LogP contribution in [0.4, 0.5) is 0 Å². The molecule has 3 rings (SSSR count). The van der Waals surface area contributed by atoms with Gasteiger partial charge in [0.15, 0.2) is 0 Å². The molecule has 2 saturated heterocycles. The van der Waals surface area contributed by atoms with Crippen LogP contribution in [0.25, 0.3) is 0 Å². The van der Waals surface area contributed by atoms with Crippen LogP contribution in [-0.4, -0.2) is 53.2 Å². The van der Waals surface area contributed by atoms with Gasteiger partial charge >= 0.3 is 5.97 Å². The van der Waals surface area contributed by atoms with Gasteiger partial charge in [-0.1, -0.05) is 11.6 Å². The number of hydrogen-bond acceptors (Lipinski definition) is 4. The first kappa shape index (κ1) is 14.3. The van der Waals surface area contributed by atoms with Crippen molar-refractivity contribution in [2.45, 2.75) is 6.42 Å². The van der Waals surface area contributed by atoms with E-state index in [0.29, 0.717) is 31.2 Å². The van der Waals surface area contributed by atoms with Gasteiger partial charge in [-0.05, 0) is 18.6 Å². The number of carbonyl (C=O) groups is 2. The molecule has 0 aromatic carbocycles. The highest BCUT2D eigenvalue weighted by Gasteiger charge is 2.55. The summed E-state index contributed by atoms with van der Waals surface area (Å²) >= 11 is 5.76. The average molecular weight is 311 g/mol. The molecule has 0 bridgehead atoms. The summed E-state index contributed by atoms with van der Waals surface area (Å²) < 4.78 is 5.37. The lowest BCUT2D eigenvalue weighted by Gasteiger charge is -2.33. The van der Waals surface area contributed by atoms with E-state index in [1.165, 1.54) is 6.20 Å². The number of carboxylic acid groups (broad SMARTS) is 1. The van der Waals surface area contributed by atoms with Crippen molar-refractivity contribution in [2.24, 2.45) is 11.3 Å². The minimum atomic E-state index is -0.889. The number of carboxylic acids is 1. The van der Waals surface area contributed by atoms with Crippen molar-refractivity contribution in [2.75, 3.05) is 26.3 Å². The molecular formula is C14H15ClN2O4. The van der Waals surface area contributed by atoms with Gasteiger partial charge in [0.25, 0.3) is 5.91 Å². The molecule has 2 aliphatic heterocycles. The summed E-state index contributed by atoms with van der Waals surface area (Å²) in [4.78, 5) is 29.7. The summed E-state index contributed by atoms with van der Waals surface area (Å²) in [7, 11) is 0. The number of amides is 1. The first-order valence-corrected chi connectivity index (χ1v) is 7.13. The van der Waals surface area contributed by atoms with Crippen molar-refractivity contribution >= 4 is 23.5 Å². The standard InChI is InChI=1S/C14H15ClN2O4/c15-10-1-2-11(16-5-10)12(18)17-6-9-7-21-4-3-14(9,8-17)13(19)20/h1-2,5,9H,3-4,6-8H2,(H,19,20)/t9-,14+/m0/s1. The van der Waals surface area contributed by atoms with Crippen molar-refractivity contribution in [1.82, 2.24) is 9.88 Å². The minimum absolute atomic E-state index is 0.167. The van der Waals surface area contributed by atoms with E-state index in [-0.39, 0.29) is 24.1 Å². The smallest absolute Gasteiger partial charge is 0.311 e. The predicted octanol–water partition coefficient (Wildman–Crippen LogP) is 1.30. The number of likely N-dealkylation sites (tertiary alicyclic amines) is 1. The molecule has 1 aromatic heterocycles. The Bertz CT molecular complexity index is 577. The van der Waals surface area contributed by atoms with Gasteiger partial charge in [-0.25, -0.2) is 4.98 Å². The van der Waals surface area contributed by atoms with Gasteiger partial charge in [-0.3, -0.25) is 9.59 Å². The third kappa shape index (κ3) is 2.38. The van der Waals surface area contributed by atoms with E-state index in [1.54, 1.807) is 17.0 Å². The first-order chi connectivity index (χ1) is 10.0. The van der Waals surface area contributed by atoms with E-state index < -0.39 is 11.4 Å².